The molecule has 80 valence electrons. The van der Waals surface area contributed by atoms with E-state index in [0.29, 0.717) is 9.65 Å². The normalized spacial score (nSPS) is 38.5. The van der Waals surface area contributed by atoms with Gasteiger partial charge in [0.15, 0.2) is 0 Å². The maximum atomic E-state index is 3.91. The average molecular weight is 330 g/mol. The molecule has 3 rings (SSSR count). The molecule has 0 radical (unpaired) electrons. The molecule has 1 saturated carbocycles. The van der Waals surface area contributed by atoms with Crippen LogP contribution in [0.25, 0.3) is 0 Å². The Morgan fingerprint density at radius 3 is 2.53 bits per heavy atom. The highest BCUT2D eigenvalue weighted by Gasteiger charge is 2.42. The van der Waals surface area contributed by atoms with Crippen LogP contribution < -0.4 is 0 Å². The summed E-state index contributed by atoms with van der Waals surface area (Å²) in [6.45, 7) is 0. The number of rotatable bonds is 0. The van der Waals surface area contributed by atoms with Crippen molar-refractivity contribution in [1.82, 2.24) is 0 Å². The first-order chi connectivity index (χ1) is 7.29. The van der Waals surface area contributed by atoms with Gasteiger partial charge in [-0.05, 0) is 35.8 Å². The molecule has 0 N–H and O–H groups in total. The molecule has 0 saturated heterocycles. The molecule has 0 heterocycles. The Morgan fingerprint density at radius 1 is 1.00 bits per heavy atom. The highest BCUT2D eigenvalue weighted by molar-refractivity contribution is 9.10. The van der Waals surface area contributed by atoms with Crippen LogP contribution in [0, 0.1) is 5.92 Å². The van der Waals surface area contributed by atoms with E-state index in [-0.39, 0.29) is 0 Å². The highest BCUT2D eigenvalue weighted by Crippen LogP contribution is 2.54. The maximum Gasteiger partial charge on any atom is 0.0437 e. The fraction of sp³-hybridized carbons (Fsp3) is 0.538. The molecule has 0 aromatic heterocycles. The maximum absolute atomic E-state index is 3.91. The first-order valence-corrected chi connectivity index (χ1v) is 7.49. The Balaban J connectivity index is 2.14. The van der Waals surface area contributed by atoms with Crippen LogP contribution in [-0.2, 0) is 0 Å². The van der Waals surface area contributed by atoms with E-state index in [4.69, 9.17) is 0 Å². The van der Waals surface area contributed by atoms with Gasteiger partial charge in [-0.15, -0.1) is 0 Å². The minimum Gasteiger partial charge on any atom is -0.0880 e. The van der Waals surface area contributed by atoms with Crippen molar-refractivity contribution in [3.63, 3.8) is 0 Å². The Kier molecular flexibility index (Phi) is 2.68. The fourth-order valence-corrected chi connectivity index (χ4v) is 5.69. The summed E-state index contributed by atoms with van der Waals surface area (Å²) in [5.41, 5.74) is 3.10. The van der Waals surface area contributed by atoms with E-state index in [1.54, 1.807) is 5.56 Å². The lowest BCUT2D eigenvalue weighted by atomic mass is 9.69. The van der Waals surface area contributed by atoms with Crippen molar-refractivity contribution >= 4 is 31.9 Å². The second-order valence-corrected chi connectivity index (χ2v) is 6.72. The largest absolute Gasteiger partial charge is 0.0880 e. The van der Waals surface area contributed by atoms with Crippen molar-refractivity contribution in [1.29, 1.82) is 0 Å². The predicted molar refractivity (Wildman–Crippen MR) is 70.9 cm³/mol. The summed E-state index contributed by atoms with van der Waals surface area (Å²) in [7, 11) is 0. The van der Waals surface area contributed by atoms with Gasteiger partial charge in [-0.2, -0.15) is 0 Å². The SMILES string of the molecule is Br[C@H]1[C@@H]2CCC[C@H]1c1ccccc1[C@H]2Br. The van der Waals surface area contributed by atoms with Crippen LogP contribution >= 0.6 is 31.9 Å². The number of benzene rings is 1. The van der Waals surface area contributed by atoms with Gasteiger partial charge in [0.05, 0.1) is 0 Å². The van der Waals surface area contributed by atoms with E-state index >= 15 is 0 Å². The quantitative estimate of drug-likeness (QED) is 0.601. The fourth-order valence-electron chi connectivity index (χ4n) is 3.16. The number of halogens is 2. The lowest BCUT2D eigenvalue weighted by Crippen LogP contribution is -2.35. The topological polar surface area (TPSA) is 0 Å². The molecule has 0 aliphatic heterocycles. The van der Waals surface area contributed by atoms with Crippen LogP contribution in [-0.4, -0.2) is 4.83 Å². The molecule has 0 amide bonds. The van der Waals surface area contributed by atoms with Crippen molar-refractivity contribution in [2.75, 3.05) is 0 Å². The monoisotopic (exact) mass is 328 g/mol. The second kappa shape index (κ2) is 3.89. The van der Waals surface area contributed by atoms with Crippen molar-refractivity contribution in [3.05, 3.63) is 35.4 Å². The molecule has 1 fully saturated rings. The third-order valence-electron chi connectivity index (χ3n) is 3.91. The van der Waals surface area contributed by atoms with Gasteiger partial charge < -0.3 is 0 Å². The zero-order valence-corrected chi connectivity index (χ0v) is 11.7. The number of alkyl halides is 2. The zero-order valence-electron chi connectivity index (χ0n) is 8.50. The second-order valence-electron chi connectivity index (χ2n) is 4.68. The van der Waals surface area contributed by atoms with E-state index in [9.17, 15) is 0 Å². The molecule has 15 heavy (non-hydrogen) atoms. The van der Waals surface area contributed by atoms with Crippen molar-refractivity contribution in [2.45, 2.75) is 34.8 Å². The summed E-state index contributed by atoms with van der Waals surface area (Å²) < 4.78 is 0. The summed E-state index contributed by atoms with van der Waals surface area (Å²) in [6.07, 6.45) is 4.09. The van der Waals surface area contributed by atoms with Gasteiger partial charge in [-0.3, -0.25) is 0 Å². The molecule has 2 aliphatic carbocycles. The molecule has 2 heteroatoms. The van der Waals surface area contributed by atoms with Crippen LogP contribution in [0.3, 0.4) is 0 Å². The number of fused-ring (bicyclic) bond motifs is 4. The Bertz CT molecular complexity index is 375. The zero-order chi connectivity index (χ0) is 10.4. The molecule has 0 nitrogen and oxygen atoms in total. The van der Waals surface area contributed by atoms with Crippen LogP contribution in [0.1, 0.15) is 41.1 Å². The third kappa shape index (κ3) is 1.52. The molecule has 2 bridgehead atoms. The summed E-state index contributed by atoms with van der Waals surface area (Å²) in [5, 5.41) is 0. The van der Waals surface area contributed by atoms with Crippen LogP contribution in [0.5, 0.6) is 0 Å². The van der Waals surface area contributed by atoms with Gasteiger partial charge in [0.2, 0.25) is 0 Å². The first kappa shape index (κ1) is 10.3. The Labute approximate surface area is 108 Å². The van der Waals surface area contributed by atoms with E-state index in [0.717, 1.165) is 11.8 Å². The minimum atomic E-state index is 0.551. The molecule has 2 aliphatic rings. The summed E-state index contributed by atoms with van der Waals surface area (Å²) in [5.74, 6) is 1.52. The highest BCUT2D eigenvalue weighted by atomic mass is 79.9. The van der Waals surface area contributed by atoms with E-state index in [2.05, 4.69) is 56.1 Å². The first-order valence-electron chi connectivity index (χ1n) is 5.66. The summed E-state index contributed by atoms with van der Waals surface area (Å²) >= 11 is 7.80. The average Bonchev–Trinajstić information content (AvgIpc) is 2.26. The summed E-state index contributed by atoms with van der Waals surface area (Å²) in [6, 6.07) is 8.94. The van der Waals surface area contributed by atoms with Gasteiger partial charge in [0.25, 0.3) is 0 Å². The van der Waals surface area contributed by atoms with Gasteiger partial charge in [-0.1, -0.05) is 62.5 Å². The third-order valence-corrected chi connectivity index (χ3v) is 6.40. The number of hydrogen-bond acceptors (Lipinski definition) is 0. The molecule has 1 aromatic rings. The molecule has 0 spiro atoms. The molecule has 1 aromatic carbocycles. The van der Waals surface area contributed by atoms with Gasteiger partial charge in [-0.25, -0.2) is 0 Å². The van der Waals surface area contributed by atoms with E-state index in [1.807, 2.05) is 0 Å². The standard InChI is InChI=1S/C13H14Br2/c14-12-9-5-2-1-4-8(9)10-6-3-7-11(12)13(10)15/h1-2,4-5,10-13H,3,6-7H2/t10-,11+,12+,13+/m0/s1. The number of hydrogen-bond donors (Lipinski definition) is 0. The van der Waals surface area contributed by atoms with E-state index < -0.39 is 0 Å². The Hall–Kier alpha value is 0.180. The van der Waals surface area contributed by atoms with Crippen LogP contribution in [0.2, 0.25) is 0 Å². The predicted octanol–water partition coefficient (Wildman–Crippen LogP) is 4.78. The van der Waals surface area contributed by atoms with Gasteiger partial charge in [0, 0.05) is 9.65 Å². The molecular formula is C13H14Br2. The van der Waals surface area contributed by atoms with Gasteiger partial charge >= 0.3 is 0 Å². The van der Waals surface area contributed by atoms with Gasteiger partial charge in [0.1, 0.15) is 0 Å². The summed E-state index contributed by atoms with van der Waals surface area (Å²) in [4.78, 5) is 1.22. The lowest BCUT2D eigenvalue weighted by Gasteiger charge is -2.43. The van der Waals surface area contributed by atoms with Crippen LogP contribution in [0.15, 0.2) is 24.3 Å². The Morgan fingerprint density at radius 2 is 1.73 bits per heavy atom. The van der Waals surface area contributed by atoms with Crippen molar-refractivity contribution in [3.8, 4) is 0 Å². The molecule has 4 atom stereocenters. The van der Waals surface area contributed by atoms with Crippen molar-refractivity contribution in [2.24, 2.45) is 5.92 Å². The van der Waals surface area contributed by atoms with Crippen molar-refractivity contribution < 1.29 is 0 Å². The smallest absolute Gasteiger partial charge is 0.0437 e. The molecule has 0 unspecified atom stereocenters. The van der Waals surface area contributed by atoms with Crippen LogP contribution in [0.4, 0.5) is 0 Å². The molecular weight excluding hydrogens is 316 g/mol. The minimum absolute atomic E-state index is 0.551. The lowest BCUT2D eigenvalue weighted by molar-refractivity contribution is 0.314. The van der Waals surface area contributed by atoms with E-state index in [1.165, 1.54) is 24.8 Å².